The molecule has 2 aromatic rings. The molecule has 3 N–H and O–H groups in total. The molecule has 1 saturated carbocycles. The smallest absolute Gasteiger partial charge is 0.382 e. The zero-order chi connectivity index (χ0) is 25.9. The molecule has 1 aliphatic heterocycles. The number of halogens is 3. The first-order valence-electron chi connectivity index (χ1n) is 11.8. The Kier molecular flexibility index (Phi) is 7.14. The van der Waals surface area contributed by atoms with Crippen LogP contribution in [0.5, 0.6) is 0 Å². The van der Waals surface area contributed by atoms with E-state index in [1.807, 2.05) is 6.92 Å². The van der Waals surface area contributed by atoms with Crippen molar-refractivity contribution in [2.75, 3.05) is 23.3 Å². The number of carbonyl (C=O) groups excluding carboxylic acids is 2. The summed E-state index contributed by atoms with van der Waals surface area (Å²) < 4.78 is 37.1. The molecule has 0 unspecified atom stereocenters. The van der Waals surface area contributed by atoms with E-state index >= 15 is 0 Å². The Hall–Kier alpha value is -3.69. The first-order chi connectivity index (χ1) is 17.1. The summed E-state index contributed by atoms with van der Waals surface area (Å²) in [6.07, 6.45) is 2.27. The van der Waals surface area contributed by atoms with E-state index in [0.717, 1.165) is 31.7 Å². The van der Waals surface area contributed by atoms with Gasteiger partial charge >= 0.3 is 6.18 Å². The van der Waals surface area contributed by atoms with E-state index in [1.165, 1.54) is 0 Å². The number of aromatic nitrogens is 1. The standard InChI is InChI=1S/C26H28F3N5O2/c1-25(20-5-6-20)8-10-34(24(25)36)21-7-9-32-22(13-21)33-23(35)12-17-3-2-4-18(11-17)19(14-30)15-31-16-26(27,28)29/h2-4,7,9,11,13-15,20,30-31H,5-6,8,10,12,16H2,1H3,(H,32,33,35)/b19-15+,30-14?/t25-/m0/s1. The number of pyridine rings is 1. The molecular weight excluding hydrogens is 471 g/mol. The summed E-state index contributed by atoms with van der Waals surface area (Å²) in [5, 5.41) is 12.4. The fourth-order valence-electron chi connectivity index (χ4n) is 4.58. The second-order valence-corrected chi connectivity index (χ2v) is 9.46. The van der Waals surface area contributed by atoms with Gasteiger partial charge in [0, 0.05) is 42.5 Å². The van der Waals surface area contributed by atoms with Crippen LogP contribution in [0.3, 0.4) is 0 Å². The summed E-state index contributed by atoms with van der Waals surface area (Å²) in [6.45, 7) is 1.47. The Morgan fingerprint density at radius 2 is 2.06 bits per heavy atom. The second-order valence-electron chi connectivity index (χ2n) is 9.46. The van der Waals surface area contributed by atoms with Gasteiger partial charge in [0.2, 0.25) is 11.8 Å². The molecule has 2 heterocycles. The van der Waals surface area contributed by atoms with Crippen molar-refractivity contribution in [1.29, 1.82) is 5.41 Å². The molecule has 2 aliphatic rings. The Morgan fingerprint density at radius 1 is 1.28 bits per heavy atom. The molecule has 10 heteroatoms. The number of hydrogen-bond donors (Lipinski definition) is 3. The quantitative estimate of drug-likeness (QED) is 0.441. The number of alkyl halides is 3. The molecule has 1 saturated heterocycles. The number of benzene rings is 1. The van der Waals surface area contributed by atoms with Gasteiger partial charge in [0.05, 0.1) is 11.8 Å². The van der Waals surface area contributed by atoms with E-state index in [4.69, 9.17) is 5.41 Å². The van der Waals surface area contributed by atoms with E-state index in [1.54, 1.807) is 47.5 Å². The predicted octanol–water partition coefficient (Wildman–Crippen LogP) is 4.56. The van der Waals surface area contributed by atoms with Crippen LogP contribution in [0.15, 0.2) is 48.8 Å². The third kappa shape index (κ3) is 5.92. The van der Waals surface area contributed by atoms with Crippen LogP contribution in [0, 0.1) is 16.7 Å². The van der Waals surface area contributed by atoms with Crippen molar-refractivity contribution in [2.24, 2.45) is 11.3 Å². The van der Waals surface area contributed by atoms with Gasteiger partial charge in [-0.05, 0) is 42.4 Å². The number of hydrogen-bond acceptors (Lipinski definition) is 5. The molecule has 36 heavy (non-hydrogen) atoms. The highest BCUT2D eigenvalue weighted by Gasteiger charge is 2.52. The molecule has 7 nitrogen and oxygen atoms in total. The topological polar surface area (TPSA) is 98.2 Å². The van der Waals surface area contributed by atoms with Crippen molar-refractivity contribution >= 4 is 35.1 Å². The summed E-state index contributed by atoms with van der Waals surface area (Å²) in [7, 11) is 0. The Morgan fingerprint density at radius 3 is 2.75 bits per heavy atom. The SMILES string of the molecule is C[C@@]1(C2CC2)CCN(c2ccnc(NC(=O)Cc3cccc(/C(C=N)=C/NCC(F)(F)F)c3)c2)C1=O. The fraction of sp³-hybridized carbons (Fsp3) is 0.385. The maximum atomic E-state index is 13.0. The maximum Gasteiger partial charge on any atom is 0.405 e. The highest BCUT2D eigenvalue weighted by molar-refractivity contribution is 6.08. The molecule has 1 aliphatic carbocycles. The van der Waals surface area contributed by atoms with Crippen LogP contribution >= 0.6 is 0 Å². The van der Waals surface area contributed by atoms with Gasteiger partial charge in [-0.2, -0.15) is 13.2 Å². The van der Waals surface area contributed by atoms with E-state index < -0.39 is 12.7 Å². The van der Waals surface area contributed by atoms with Gasteiger partial charge in [0.1, 0.15) is 12.4 Å². The van der Waals surface area contributed by atoms with Crippen LogP contribution in [0.4, 0.5) is 24.7 Å². The van der Waals surface area contributed by atoms with Gasteiger partial charge in [0.15, 0.2) is 0 Å². The second kappa shape index (κ2) is 10.1. The zero-order valence-electron chi connectivity index (χ0n) is 19.9. The lowest BCUT2D eigenvalue weighted by molar-refractivity contribution is -0.125. The molecule has 2 fully saturated rings. The van der Waals surface area contributed by atoms with Gasteiger partial charge in [0.25, 0.3) is 0 Å². The molecule has 0 radical (unpaired) electrons. The summed E-state index contributed by atoms with van der Waals surface area (Å²) >= 11 is 0. The fourth-order valence-corrected chi connectivity index (χ4v) is 4.58. The number of rotatable bonds is 9. The first-order valence-corrected chi connectivity index (χ1v) is 11.8. The number of anilines is 2. The Labute approximate surface area is 207 Å². The van der Waals surface area contributed by atoms with Crippen molar-refractivity contribution in [2.45, 2.75) is 38.8 Å². The van der Waals surface area contributed by atoms with Crippen molar-refractivity contribution in [3.63, 3.8) is 0 Å². The highest BCUT2D eigenvalue weighted by Crippen LogP contribution is 2.51. The average Bonchev–Trinajstić information content (AvgIpc) is 3.63. The van der Waals surface area contributed by atoms with Crippen molar-refractivity contribution in [1.82, 2.24) is 10.3 Å². The Bertz CT molecular complexity index is 1190. The summed E-state index contributed by atoms with van der Waals surface area (Å²) in [6, 6.07) is 10.1. The third-order valence-corrected chi connectivity index (χ3v) is 6.73. The van der Waals surface area contributed by atoms with Crippen LogP contribution in [0.1, 0.15) is 37.3 Å². The van der Waals surface area contributed by atoms with E-state index in [-0.39, 0.29) is 29.2 Å². The van der Waals surface area contributed by atoms with Crippen LogP contribution in [-0.2, 0) is 16.0 Å². The predicted molar refractivity (Wildman–Crippen MR) is 132 cm³/mol. The van der Waals surface area contributed by atoms with Gasteiger partial charge in [-0.1, -0.05) is 31.2 Å². The third-order valence-electron chi connectivity index (χ3n) is 6.73. The van der Waals surface area contributed by atoms with Gasteiger partial charge in [-0.15, -0.1) is 0 Å². The number of nitrogens with one attached hydrogen (secondary N) is 3. The monoisotopic (exact) mass is 499 g/mol. The van der Waals surface area contributed by atoms with Crippen molar-refractivity contribution in [3.8, 4) is 0 Å². The summed E-state index contributed by atoms with van der Waals surface area (Å²) in [4.78, 5) is 31.7. The minimum atomic E-state index is -4.37. The highest BCUT2D eigenvalue weighted by atomic mass is 19.4. The number of carbonyl (C=O) groups is 2. The van der Waals surface area contributed by atoms with Crippen LogP contribution in [0.2, 0.25) is 0 Å². The molecule has 2 amide bonds. The number of amides is 2. The molecule has 1 aromatic carbocycles. The lowest BCUT2D eigenvalue weighted by Crippen LogP contribution is -2.34. The van der Waals surface area contributed by atoms with E-state index in [2.05, 4.69) is 15.6 Å². The minimum Gasteiger partial charge on any atom is -0.382 e. The number of allylic oxidation sites excluding steroid dienone is 1. The van der Waals surface area contributed by atoms with Crippen LogP contribution < -0.4 is 15.5 Å². The van der Waals surface area contributed by atoms with Crippen molar-refractivity contribution in [3.05, 3.63) is 59.9 Å². The van der Waals surface area contributed by atoms with Gasteiger partial charge in [-0.3, -0.25) is 9.59 Å². The van der Waals surface area contributed by atoms with Crippen LogP contribution in [-0.4, -0.2) is 42.3 Å². The van der Waals surface area contributed by atoms with Gasteiger partial charge < -0.3 is 20.9 Å². The van der Waals surface area contributed by atoms with E-state index in [0.29, 0.717) is 35.1 Å². The minimum absolute atomic E-state index is 0.00338. The van der Waals surface area contributed by atoms with E-state index in [9.17, 15) is 22.8 Å². The zero-order valence-corrected chi connectivity index (χ0v) is 19.9. The normalized spacial score (nSPS) is 20.4. The first kappa shape index (κ1) is 25.4. The maximum absolute atomic E-state index is 13.0. The molecular formula is C26H28F3N5O2. The lowest BCUT2D eigenvalue weighted by Gasteiger charge is -2.23. The summed E-state index contributed by atoms with van der Waals surface area (Å²) in [5.41, 5.74) is 1.77. The molecule has 0 bridgehead atoms. The molecule has 0 spiro atoms. The van der Waals surface area contributed by atoms with Gasteiger partial charge in [-0.25, -0.2) is 4.98 Å². The summed E-state index contributed by atoms with van der Waals surface area (Å²) in [5.74, 6) is 0.570. The number of nitrogens with zero attached hydrogens (tertiary/aromatic N) is 2. The molecule has 1 atom stereocenters. The molecule has 1 aromatic heterocycles. The van der Waals surface area contributed by atoms with Crippen molar-refractivity contribution < 1.29 is 22.8 Å². The Balaban J connectivity index is 1.40. The molecule has 4 rings (SSSR count). The lowest BCUT2D eigenvalue weighted by atomic mass is 9.83. The molecule has 190 valence electrons. The average molecular weight is 500 g/mol. The largest absolute Gasteiger partial charge is 0.405 e. The van der Waals surface area contributed by atoms with Crippen LogP contribution in [0.25, 0.3) is 5.57 Å².